The number of halogens is 3. The van der Waals surface area contributed by atoms with Gasteiger partial charge in [0.15, 0.2) is 11.6 Å². The molecule has 0 unspecified atom stereocenters. The van der Waals surface area contributed by atoms with Gasteiger partial charge < -0.3 is 5.11 Å². The van der Waals surface area contributed by atoms with Gasteiger partial charge in [-0.2, -0.15) is 0 Å². The summed E-state index contributed by atoms with van der Waals surface area (Å²) in [7, 11) is 0. The van der Waals surface area contributed by atoms with E-state index >= 15 is 0 Å². The molecule has 68 valence electrons. The van der Waals surface area contributed by atoms with Crippen molar-refractivity contribution in [2.75, 3.05) is 6.61 Å². The van der Waals surface area contributed by atoms with Crippen molar-refractivity contribution in [2.45, 2.75) is 0 Å². The van der Waals surface area contributed by atoms with Crippen LogP contribution < -0.4 is 0 Å². The van der Waals surface area contributed by atoms with Crippen molar-refractivity contribution < 1.29 is 18.3 Å². The molecule has 1 aromatic rings. The maximum atomic E-state index is 12.8. The Morgan fingerprint density at radius 3 is 2.31 bits per heavy atom. The summed E-state index contributed by atoms with van der Waals surface area (Å²) < 4.78 is 37.6. The number of rotatable bonds is 0. The normalized spacial score (nSPS) is 9.23. The summed E-state index contributed by atoms with van der Waals surface area (Å²) in [4.78, 5) is 0. The zero-order valence-electron chi connectivity index (χ0n) is 6.44. The zero-order chi connectivity index (χ0) is 9.84. The molecule has 0 heterocycles. The van der Waals surface area contributed by atoms with Gasteiger partial charge in [-0.1, -0.05) is 11.8 Å². The van der Waals surface area contributed by atoms with Crippen molar-refractivity contribution in [3.05, 3.63) is 35.1 Å². The molecule has 1 aromatic carbocycles. The number of hydrogen-bond donors (Lipinski definition) is 1. The largest absolute Gasteiger partial charge is 0.384 e. The minimum atomic E-state index is -1.26. The molecule has 0 spiro atoms. The molecule has 1 nitrogen and oxygen atoms in total. The number of hydrogen-bond acceptors (Lipinski definition) is 1. The van der Waals surface area contributed by atoms with Gasteiger partial charge >= 0.3 is 0 Å². The molecule has 4 heteroatoms. The maximum Gasteiger partial charge on any atom is 0.161 e. The van der Waals surface area contributed by atoms with Crippen molar-refractivity contribution in [2.24, 2.45) is 0 Å². The first-order valence-corrected chi connectivity index (χ1v) is 3.39. The first kappa shape index (κ1) is 9.62. The van der Waals surface area contributed by atoms with Crippen molar-refractivity contribution in [1.82, 2.24) is 0 Å². The Morgan fingerprint density at radius 1 is 1.08 bits per heavy atom. The molecule has 0 fully saturated rings. The Morgan fingerprint density at radius 2 is 1.69 bits per heavy atom. The number of aliphatic hydroxyl groups is 1. The van der Waals surface area contributed by atoms with E-state index in [2.05, 4.69) is 11.8 Å². The van der Waals surface area contributed by atoms with Crippen molar-refractivity contribution >= 4 is 0 Å². The molecule has 0 radical (unpaired) electrons. The van der Waals surface area contributed by atoms with Gasteiger partial charge in [-0.25, -0.2) is 13.2 Å². The molecule has 0 saturated carbocycles. The van der Waals surface area contributed by atoms with Crippen molar-refractivity contribution in [1.29, 1.82) is 0 Å². The molecule has 0 aliphatic carbocycles. The molecule has 0 aliphatic heterocycles. The lowest BCUT2D eigenvalue weighted by atomic mass is 10.2. The molecule has 0 bridgehead atoms. The summed E-state index contributed by atoms with van der Waals surface area (Å²) >= 11 is 0. The van der Waals surface area contributed by atoms with Gasteiger partial charge in [0.25, 0.3) is 0 Å². The summed E-state index contributed by atoms with van der Waals surface area (Å²) in [5, 5.41) is 8.28. The van der Waals surface area contributed by atoms with E-state index in [0.717, 1.165) is 0 Å². The van der Waals surface area contributed by atoms with Crippen LogP contribution in [0.2, 0.25) is 0 Å². The summed E-state index contributed by atoms with van der Waals surface area (Å²) in [5.74, 6) is 0.912. The Labute approximate surface area is 72.8 Å². The Bertz CT molecular complexity index is 376. The zero-order valence-corrected chi connectivity index (χ0v) is 6.44. The summed E-state index contributed by atoms with van der Waals surface area (Å²) in [6.07, 6.45) is 0. The highest BCUT2D eigenvalue weighted by molar-refractivity contribution is 5.36. The smallest absolute Gasteiger partial charge is 0.161 e. The first-order valence-electron chi connectivity index (χ1n) is 3.39. The molecule has 13 heavy (non-hydrogen) atoms. The van der Waals surface area contributed by atoms with Gasteiger partial charge in [0, 0.05) is 6.07 Å². The lowest BCUT2D eigenvalue weighted by Gasteiger charge is -1.95. The molecule has 0 saturated heterocycles. The maximum absolute atomic E-state index is 12.8. The topological polar surface area (TPSA) is 20.2 Å². The minimum absolute atomic E-state index is 0.270. The van der Waals surface area contributed by atoms with Gasteiger partial charge in [0.2, 0.25) is 0 Å². The molecule has 1 N–H and O–H groups in total. The quantitative estimate of drug-likeness (QED) is 0.480. The highest BCUT2D eigenvalue weighted by atomic mass is 19.2. The monoisotopic (exact) mass is 186 g/mol. The average molecular weight is 186 g/mol. The SMILES string of the molecule is OCC#Cc1cc(F)c(F)cc1F. The van der Waals surface area contributed by atoms with E-state index in [1.807, 2.05) is 0 Å². The fourth-order valence-corrected chi connectivity index (χ4v) is 0.753. The average Bonchev–Trinajstić information content (AvgIpc) is 2.09. The van der Waals surface area contributed by atoms with E-state index in [1.165, 1.54) is 0 Å². The van der Waals surface area contributed by atoms with E-state index in [9.17, 15) is 13.2 Å². The molecule has 0 aromatic heterocycles. The fraction of sp³-hybridized carbons (Fsp3) is 0.111. The van der Waals surface area contributed by atoms with Crippen LogP contribution >= 0.6 is 0 Å². The number of aliphatic hydroxyl groups excluding tert-OH is 1. The second-order valence-electron chi connectivity index (χ2n) is 2.21. The number of benzene rings is 1. The molecule has 0 atom stereocenters. The predicted octanol–water partition coefficient (Wildman–Crippen LogP) is 1.45. The van der Waals surface area contributed by atoms with Crippen LogP contribution in [0.5, 0.6) is 0 Å². The van der Waals surface area contributed by atoms with Crippen molar-refractivity contribution in [3.63, 3.8) is 0 Å². The van der Waals surface area contributed by atoms with Gasteiger partial charge in [-0.05, 0) is 6.07 Å². The van der Waals surface area contributed by atoms with Gasteiger partial charge in [0.05, 0.1) is 5.56 Å². The van der Waals surface area contributed by atoms with Crippen LogP contribution in [-0.4, -0.2) is 11.7 Å². The second-order valence-corrected chi connectivity index (χ2v) is 2.21. The van der Waals surface area contributed by atoms with Gasteiger partial charge in [0.1, 0.15) is 12.4 Å². The van der Waals surface area contributed by atoms with Crippen LogP contribution in [-0.2, 0) is 0 Å². The summed E-state index contributed by atoms with van der Waals surface area (Å²) in [5.41, 5.74) is -0.270. The van der Waals surface area contributed by atoms with E-state index in [4.69, 9.17) is 5.11 Å². The lowest BCUT2D eigenvalue weighted by molar-refractivity contribution is 0.350. The molecular weight excluding hydrogens is 181 g/mol. The van der Waals surface area contributed by atoms with Crippen LogP contribution in [0.3, 0.4) is 0 Å². The van der Waals surface area contributed by atoms with Gasteiger partial charge in [-0.3, -0.25) is 0 Å². The van der Waals surface area contributed by atoms with Crippen LogP contribution in [0.1, 0.15) is 5.56 Å². The van der Waals surface area contributed by atoms with E-state index in [1.54, 1.807) is 0 Å². The third kappa shape index (κ3) is 2.23. The molecular formula is C9H5F3O. The van der Waals surface area contributed by atoms with Gasteiger partial charge in [-0.15, -0.1) is 0 Å². The molecule has 0 amide bonds. The predicted molar refractivity (Wildman–Crippen MR) is 40.3 cm³/mol. The van der Waals surface area contributed by atoms with E-state index < -0.39 is 24.1 Å². The van der Waals surface area contributed by atoms with E-state index in [0.29, 0.717) is 12.1 Å². The third-order valence-electron chi connectivity index (χ3n) is 1.31. The summed E-state index contributed by atoms with van der Waals surface area (Å²) in [6.45, 7) is -0.460. The lowest BCUT2D eigenvalue weighted by Crippen LogP contribution is -1.91. The molecule has 1 rings (SSSR count). The molecule has 0 aliphatic rings. The Balaban J connectivity index is 3.16. The standard InChI is InChI=1S/C9H5F3O/c10-7-5-9(12)8(11)4-6(7)2-1-3-13/h4-5,13H,3H2. The van der Waals surface area contributed by atoms with Crippen LogP contribution in [0.25, 0.3) is 0 Å². The van der Waals surface area contributed by atoms with Crippen LogP contribution in [0.4, 0.5) is 13.2 Å². The fourth-order valence-electron chi connectivity index (χ4n) is 0.753. The second kappa shape index (κ2) is 3.97. The Kier molecular flexibility index (Phi) is 2.93. The van der Waals surface area contributed by atoms with Crippen molar-refractivity contribution in [3.8, 4) is 11.8 Å². The van der Waals surface area contributed by atoms with E-state index in [-0.39, 0.29) is 5.56 Å². The first-order chi connectivity index (χ1) is 6.15. The van der Waals surface area contributed by atoms with Crippen LogP contribution in [0, 0.1) is 29.3 Å². The summed E-state index contributed by atoms with van der Waals surface area (Å²) in [6, 6.07) is 1.06. The highest BCUT2D eigenvalue weighted by Crippen LogP contribution is 2.12. The van der Waals surface area contributed by atoms with Crippen LogP contribution in [0.15, 0.2) is 12.1 Å². The highest BCUT2D eigenvalue weighted by Gasteiger charge is 2.07. The minimum Gasteiger partial charge on any atom is -0.384 e. The third-order valence-corrected chi connectivity index (χ3v) is 1.31. The Hall–Kier alpha value is -1.47.